The number of hydrogen-bond donors (Lipinski definition) is 4. The minimum Gasteiger partial charge on any atom is -0.491 e. The van der Waals surface area contributed by atoms with Gasteiger partial charge in [0.2, 0.25) is 11.9 Å². The number of fused-ring (bicyclic) bond motifs is 1. The van der Waals surface area contributed by atoms with Gasteiger partial charge < -0.3 is 20.8 Å². The highest BCUT2D eigenvalue weighted by Crippen LogP contribution is 2.31. The lowest BCUT2D eigenvalue weighted by Crippen LogP contribution is -2.25. The molecule has 0 fully saturated rings. The number of ether oxygens (including phenoxy) is 1. The van der Waals surface area contributed by atoms with E-state index in [0.717, 1.165) is 12.1 Å². The average Bonchev–Trinajstić information content (AvgIpc) is 3.39. The van der Waals surface area contributed by atoms with Gasteiger partial charge in [0, 0.05) is 31.7 Å². The van der Waals surface area contributed by atoms with E-state index in [4.69, 9.17) is 16.2 Å². The van der Waals surface area contributed by atoms with Gasteiger partial charge in [0.15, 0.2) is 0 Å². The monoisotopic (exact) mass is 518 g/mol. The fraction of sp³-hybridized carbons (Fsp3) is 0.478. The molecule has 0 aliphatic carbocycles. The van der Waals surface area contributed by atoms with E-state index in [0.29, 0.717) is 73.4 Å². The van der Waals surface area contributed by atoms with Crippen molar-refractivity contribution >= 4 is 39.8 Å². The highest BCUT2D eigenvalue weighted by atomic mass is 32.2. The van der Waals surface area contributed by atoms with E-state index in [1.807, 2.05) is 25.3 Å². The smallest absolute Gasteiger partial charge is 0.276 e. The van der Waals surface area contributed by atoms with E-state index in [-0.39, 0.29) is 11.5 Å². The molecule has 12 nitrogen and oxygen atoms in total. The minimum absolute atomic E-state index is 0.249. The first kappa shape index (κ1) is 27.3. The molecule has 0 saturated heterocycles. The Bertz CT molecular complexity index is 1250. The quantitative estimate of drug-likeness (QED) is 0.233. The van der Waals surface area contributed by atoms with Gasteiger partial charge in [-0.05, 0) is 44.9 Å². The zero-order valence-corrected chi connectivity index (χ0v) is 21.7. The molecule has 2 heterocycles. The number of primary amides is 1. The van der Waals surface area contributed by atoms with Gasteiger partial charge in [0.25, 0.3) is 5.91 Å². The van der Waals surface area contributed by atoms with E-state index in [2.05, 4.69) is 20.1 Å². The van der Waals surface area contributed by atoms with Crippen LogP contribution in [0.3, 0.4) is 0 Å². The highest BCUT2D eigenvalue weighted by Gasteiger charge is 2.21. The van der Waals surface area contributed by atoms with E-state index < -0.39 is 16.9 Å². The van der Waals surface area contributed by atoms with Gasteiger partial charge in [-0.3, -0.25) is 19.6 Å². The van der Waals surface area contributed by atoms with Crippen LogP contribution in [0.2, 0.25) is 0 Å². The number of aryl methyl sites for hydroxylation is 3. The maximum atomic E-state index is 13.1. The van der Waals surface area contributed by atoms with Crippen LogP contribution >= 0.6 is 0 Å². The van der Waals surface area contributed by atoms with Gasteiger partial charge in [0.05, 0.1) is 34.6 Å². The van der Waals surface area contributed by atoms with Gasteiger partial charge >= 0.3 is 0 Å². The molecule has 3 aromatic rings. The first-order valence-corrected chi connectivity index (χ1v) is 13.3. The molecule has 196 valence electrons. The van der Waals surface area contributed by atoms with Crippen molar-refractivity contribution in [1.82, 2.24) is 24.1 Å². The predicted octanol–water partition coefficient (Wildman–Crippen LogP) is 1.30. The molecule has 1 unspecified atom stereocenters. The molecule has 6 N–H and O–H groups in total. The third-order valence-electron chi connectivity index (χ3n) is 5.34. The third kappa shape index (κ3) is 6.47. The predicted molar refractivity (Wildman–Crippen MR) is 139 cm³/mol. The van der Waals surface area contributed by atoms with Crippen molar-refractivity contribution in [3.05, 3.63) is 35.2 Å². The number of carbonyl (C=O) groups is 2. The Kier molecular flexibility index (Phi) is 9.56. The molecule has 13 heteroatoms. The number of nitrogens with two attached hydrogens (primary N) is 2. The molecule has 0 radical (unpaired) electrons. The summed E-state index contributed by atoms with van der Waals surface area (Å²) >= 11 is 0. The Hall–Kier alpha value is -3.29. The lowest BCUT2D eigenvalue weighted by atomic mass is 10.1. The number of rotatable bonds is 14. The number of anilines is 1. The normalized spacial score (nSPS) is 12.1. The molecule has 0 aliphatic heterocycles. The Balaban J connectivity index is 1.91. The number of amides is 2. The van der Waals surface area contributed by atoms with E-state index in [1.165, 1.54) is 0 Å². The molecule has 0 bridgehead atoms. The molecule has 1 aromatic carbocycles. The lowest BCUT2D eigenvalue weighted by Gasteiger charge is -2.13. The summed E-state index contributed by atoms with van der Waals surface area (Å²) in [6, 6.07) is 4.89. The van der Waals surface area contributed by atoms with Crippen molar-refractivity contribution in [3.63, 3.8) is 0 Å². The molecule has 1 atom stereocenters. The van der Waals surface area contributed by atoms with Crippen LogP contribution in [0, 0.1) is 6.92 Å². The average molecular weight is 519 g/mol. The Morgan fingerprint density at radius 2 is 2.00 bits per heavy atom. The molecular formula is C23H34N8O4S. The Morgan fingerprint density at radius 1 is 1.22 bits per heavy atom. The number of nitrogens with one attached hydrogen (secondary N) is 2. The standard InChI is InChI=1S/C23H34N8O4S/c1-4-9-30-20-17(27-23(30)28-22(33)18-12-15(3)29-31(18)5-2)13-16(21(25)32)14-19(20)35-10-6-8-26-36(34)11-7-24/h12-14,26H,4-11,24H2,1-3H3,(H2,25,32)(H,27,28,33). The largest absolute Gasteiger partial charge is 0.491 e. The van der Waals surface area contributed by atoms with Crippen molar-refractivity contribution in [2.45, 2.75) is 46.7 Å². The molecule has 0 aliphatic rings. The number of nitrogens with zero attached hydrogens (tertiary/aromatic N) is 4. The molecule has 2 aromatic heterocycles. The lowest BCUT2D eigenvalue weighted by molar-refractivity contribution is 0.0995. The van der Waals surface area contributed by atoms with E-state index in [9.17, 15) is 13.8 Å². The van der Waals surface area contributed by atoms with Crippen LogP contribution in [0.5, 0.6) is 5.75 Å². The van der Waals surface area contributed by atoms with Crippen LogP contribution in [0.4, 0.5) is 5.95 Å². The summed E-state index contributed by atoms with van der Waals surface area (Å²) in [4.78, 5) is 29.6. The first-order chi connectivity index (χ1) is 17.3. The van der Waals surface area contributed by atoms with E-state index >= 15 is 0 Å². The fourth-order valence-corrected chi connectivity index (χ4v) is 4.50. The molecule has 2 amide bonds. The zero-order chi connectivity index (χ0) is 26.2. The third-order valence-corrected chi connectivity index (χ3v) is 6.48. The second-order valence-corrected chi connectivity index (χ2v) is 9.56. The van der Waals surface area contributed by atoms with Crippen molar-refractivity contribution < 1.29 is 18.5 Å². The summed E-state index contributed by atoms with van der Waals surface area (Å²) in [6.07, 6.45) is 1.35. The molecule has 0 saturated carbocycles. The van der Waals surface area contributed by atoms with Crippen LogP contribution in [0.15, 0.2) is 18.2 Å². The summed E-state index contributed by atoms with van der Waals surface area (Å²) in [5, 5.41) is 7.23. The number of aromatic nitrogens is 4. The van der Waals surface area contributed by atoms with Gasteiger partial charge in [-0.15, -0.1) is 0 Å². The topological polar surface area (TPSA) is 172 Å². The number of imidazole rings is 1. The maximum absolute atomic E-state index is 13.1. The van der Waals surface area contributed by atoms with Gasteiger partial charge in [-0.1, -0.05) is 6.92 Å². The molecule has 36 heavy (non-hydrogen) atoms. The van der Waals surface area contributed by atoms with Crippen molar-refractivity contribution in [1.29, 1.82) is 0 Å². The van der Waals surface area contributed by atoms with Gasteiger partial charge in [-0.25, -0.2) is 13.9 Å². The maximum Gasteiger partial charge on any atom is 0.276 e. The minimum atomic E-state index is -1.18. The number of benzene rings is 1. The van der Waals surface area contributed by atoms with Crippen molar-refractivity contribution in [3.8, 4) is 5.75 Å². The van der Waals surface area contributed by atoms with E-state index in [1.54, 1.807) is 22.9 Å². The SMILES string of the molecule is CCCn1c(NC(=O)c2cc(C)nn2CC)nc2cc(C(N)=O)cc(OCCCNS(=O)CCN)c21. The molecule has 0 spiro atoms. The van der Waals surface area contributed by atoms with Crippen LogP contribution in [-0.4, -0.2) is 60.8 Å². The van der Waals surface area contributed by atoms with Gasteiger partial charge in [-0.2, -0.15) is 5.10 Å². The summed E-state index contributed by atoms with van der Waals surface area (Å²) in [6.45, 7) is 7.99. The van der Waals surface area contributed by atoms with Crippen LogP contribution in [-0.2, 0) is 24.1 Å². The van der Waals surface area contributed by atoms with Crippen LogP contribution in [0.25, 0.3) is 11.0 Å². The molecule has 3 rings (SSSR count). The van der Waals surface area contributed by atoms with Gasteiger partial charge in [0.1, 0.15) is 17.0 Å². The molecular weight excluding hydrogens is 484 g/mol. The number of carbonyl (C=O) groups excluding carboxylic acids is 2. The number of hydrogen-bond acceptors (Lipinski definition) is 7. The Labute approximate surface area is 212 Å². The summed E-state index contributed by atoms with van der Waals surface area (Å²) in [5.41, 5.74) is 13.5. The second-order valence-electron chi connectivity index (χ2n) is 8.17. The zero-order valence-electron chi connectivity index (χ0n) is 20.9. The highest BCUT2D eigenvalue weighted by molar-refractivity contribution is 7.83. The fourth-order valence-electron chi connectivity index (χ4n) is 3.77. The van der Waals surface area contributed by atoms with Crippen LogP contribution in [0.1, 0.15) is 53.2 Å². The summed E-state index contributed by atoms with van der Waals surface area (Å²) in [7, 11) is -1.18. The van der Waals surface area contributed by atoms with Crippen LogP contribution < -0.4 is 26.2 Å². The Morgan fingerprint density at radius 3 is 2.67 bits per heavy atom. The second kappa shape index (κ2) is 12.6. The van der Waals surface area contributed by atoms with Crippen molar-refractivity contribution in [2.75, 3.05) is 30.8 Å². The van der Waals surface area contributed by atoms with Crippen molar-refractivity contribution in [2.24, 2.45) is 11.5 Å². The summed E-state index contributed by atoms with van der Waals surface area (Å²) in [5.74, 6) is 0.201. The summed E-state index contributed by atoms with van der Waals surface area (Å²) < 4.78 is 24.1. The first-order valence-electron chi connectivity index (χ1n) is 11.9.